The molecule has 3 nitrogen and oxygen atoms in total. The van der Waals surface area contributed by atoms with E-state index in [0.29, 0.717) is 5.56 Å². The van der Waals surface area contributed by atoms with Crippen molar-refractivity contribution < 1.29 is 9.21 Å². The number of benzene rings is 1. The lowest BCUT2D eigenvalue weighted by molar-refractivity contribution is 0.0935. The van der Waals surface area contributed by atoms with Crippen LogP contribution < -0.4 is 5.32 Å². The molecule has 0 aliphatic heterocycles. The molecule has 1 heterocycles. The van der Waals surface area contributed by atoms with E-state index in [0.717, 1.165) is 12.0 Å². The Kier molecular flexibility index (Phi) is 4.05. The predicted octanol–water partition coefficient (Wildman–Crippen LogP) is 3.81. The summed E-state index contributed by atoms with van der Waals surface area (Å²) < 4.78 is 4.91. The van der Waals surface area contributed by atoms with Gasteiger partial charge < -0.3 is 9.73 Å². The Labute approximate surface area is 111 Å². The van der Waals surface area contributed by atoms with Crippen molar-refractivity contribution in [3.63, 3.8) is 0 Å². The van der Waals surface area contributed by atoms with Crippen molar-refractivity contribution in [3.8, 4) is 0 Å². The molecule has 0 aliphatic rings. The first kappa shape index (κ1) is 12.7. The first-order chi connectivity index (χ1) is 8.72. The quantitative estimate of drug-likeness (QED) is 0.911. The summed E-state index contributed by atoms with van der Waals surface area (Å²) in [6, 6.07) is 11.4. The fourth-order valence-electron chi connectivity index (χ4n) is 1.80. The average molecular weight is 264 g/mol. The second-order valence-corrected chi connectivity index (χ2v) is 4.30. The number of amides is 1. The van der Waals surface area contributed by atoms with Crippen LogP contribution in [0.2, 0.25) is 5.22 Å². The maximum atomic E-state index is 12.0. The van der Waals surface area contributed by atoms with Crippen LogP contribution in [0.15, 0.2) is 47.1 Å². The predicted molar refractivity (Wildman–Crippen MR) is 70.7 cm³/mol. The highest BCUT2D eigenvalue weighted by Crippen LogP contribution is 2.20. The zero-order valence-corrected chi connectivity index (χ0v) is 10.8. The van der Waals surface area contributed by atoms with Crippen LogP contribution in [0.25, 0.3) is 0 Å². The summed E-state index contributed by atoms with van der Waals surface area (Å²) in [7, 11) is 0. The van der Waals surface area contributed by atoms with Crippen molar-refractivity contribution in [2.45, 2.75) is 19.4 Å². The number of nitrogens with one attached hydrogen (secondary N) is 1. The topological polar surface area (TPSA) is 42.2 Å². The van der Waals surface area contributed by atoms with Crippen LogP contribution in [-0.2, 0) is 0 Å². The summed E-state index contributed by atoms with van der Waals surface area (Å²) in [5.74, 6) is -0.218. The maximum Gasteiger partial charge on any atom is 0.256 e. The average Bonchev–Trinajstić information content (AvgIpc) is 2.83. The second-order valence-electron chi connectivity index (χ2n) is 3.95. The Bertz CT molecular complexity index is 522. The molecule has 0 bridgehead atoms. The molecule has 0 saturated heterocycles. The number of carbonyl (C=O) groups is 1. The first-order valence-corrected chi connectivity index (χ1v) is 6.19. The zero-order chi connectivity index (χ0) is 13.0. The number of hydrogen-bond donors (Lipinski definition) is 1. The van der Waals surface area contributed by atoms with Gasteiger partial charge in [0.25, 0.3) is 5.91 Å². The van der Waals surface area contributed by atoms with Gasteiger partial charge in [0.05, 0.1) is 17.9 Å². The lowest BCUT2D eigenvalue weighted by atomic mass is 10.0. The highest BCUT2D eigenvalue weighted by atomic mass is 35.5. The second kappa shape index (κ2) is 5.74. The van der Waals surface area contributed by atoms with E-state index in [2.05, 4.69) is 5.32 Å². The molecule has 0 aliphatic carbocycles. The third-order valence-corrected chi connectivity index (χ3v) is 3.07. The molecule has 18 heavy (non-hydrogen) atoms. The molecule has 2 aromatic rings. The van der Waals surface area contributed by atoms with E-state index in [4.69, 9.17) is 16.0 Å². The molecule has 1 unspecified atom stereocenters. The highest BCUT2D eigenvalue weighted by molar-refractivity contribution is 6.32. The van der Waals surface area contributed by atoms with Crippen LogP contribution in [0.3, 0.4) is 0 Å². The van der Waals surface area contributed by atoms with Gasteiger partial charge in [0.2, 0.25) is 5.22 Å². The van der Waals surface area contributed by atoms with Crippen LogP contribution in [0.1, 0.15) is 35.3 Å². The van der Waals surface area contributed by atoms with Gasteiger partial charge in [-0.1, -0.05) is 37.3 Å². The van der Waals surface area contributed by atoms with Gasteiger partial charge in [0, 0.05) is 0 Å². The van der Waals surface area contributed by atoms with Crippen LogP contribution in [0.5, 0.6) is 0 Å². The third-order valence-electron chi connectivity index (χ3n) is 2.78. The summed E-state index contributed by atoms with van der Waals surface area (Å²) in [5, 5.41) is 3.06. The Morgan fingerprint density at radius 2 is 2.06 bits per heavy atom. The molecular formula is C14H14ClNO2. The smallest absolute Gasteiger partial charge is 0.256 e. The molecule has 1 aromatic carbocycles. The number of hydrogen-bond acceptors (Lipinski definition) is 2. The van der Waals surface area contributed by atoms with Gasteiger partial charge in [-0.2, -0.15) is 0 Å². The fraction of sp³-hybridized carbons (Fsp3) is 0.214. The highest BCUT2D eigenvalue weighted by Gasteiger charge is 2.17. The van der Waals surface area contributed by atoms with E-state index < -0.39 is 0 Å². The number of rotatable bonds is 4. The standard InChI is InChI=1S/C14H14ClNO2/c1-2-12(10-6-4-3-5-7-10)16-14(17)11-8-9-18-13(11)15/h3-9,12H,2H2,1H3,(H,16,17). The van der Waals surface area contributed by atoms with Gasteiger partial charge in [0.15, 0.2) is 0 Å². The molecule has 0 spiro atoms. The number of furan rings is 1. The summed E-state index contributed by atoms with van der Waals surface area (Å²) in [4.78, 5) is 12.0. The van der Waals surface area contributed by atoms with Gasteiger partial charge in [-0.05, 0) is 29.7 Å². The summed E-state index contributed by atoms with van der Waals surface area (Å²) >= 11 is 5.78. The minimum atomic E-state index is -0.218. The molecule has 0 radical (unpaired) electrons. The normalized spacial score (nSPS) is 12.1. The number of carbonyl (C=O) groups excluding carboxylic acids is 1. The SMILES string of the molecule is CCC(NC(=O)c1ccoc1Cl)c1ccccc1. The maximum absolute atomic E-state index is 12.0. The van der Waals surface area contributed by atoms with E-state index >= 15 is 0 Å². The molecule has 94 valence electrons. The van der Waals surface area contributed by atoms with Crippen molar-refractivity contribution >= 4 is 17.5 Å². The van der Waals surface area contributed by atoms with E-state index in [1.54, 1.807) is 6.07 Å². The lowest BCUT2D eigenvalue weighted by Crippen LogP contribution is -2.27. The Hall–Kier alpha value is -1.74. The molecule has 0 fully saturated rings. The van der Waals surface area contributed by atoms with Crippen LogP contribution in [0, 0.1) is 0 Å². The molecule has 1 aromatic heterocycles. The summed E-state index contributed by atoms with van der Waals surface area (Å²) in [5.41, 5.74) is 1.44. The van der Waals surface area contributed by atoms with Gasteiger partial charge >= 0.3 is 0 Å². The Morgan fingerprint density at radius 1 is 1.33 bits per heavy atom. The van der Waals surface area contributed by atoms with Crippen molar-refractivity contribution in [2.24, 2.45) is 0 Å². The molecule has 1 amide bonds. The first-order valence-electron chi connectivity index (χ1n) is 5.81. The molecule has 0 saturated carbocycles. The van der Waals surface area contributed by atoms with Gasteiger partial charge in [0.1, 0.15) is 0 Å². The van der Waals surface area contributed by atoms with E-state index in [9.17, 15) is 4.79 Å². The van der Waals surface area contributed by atoms with Crippen LogP contribution >= 0.6 is 11.6 Å². The summed E-state index contributed by atoms with van der Waals surface area (Å²) in [6.45, 7) is 2.02. The van der Waals surface area contributed by atoms with Crippen molar-refractivity contribution in [1.29, 1.82) is 0 Å². The Morgan fingerprint density at radius 3 is 2.61 bits per heavy atom. The third kappa shape index (κ3) is 2.74. The van der Waals surface area contributed by atoms with E-state index in [1.807, 2.05) is 37.3 Å². The van der Waals surface area contributed by atoms with Gasteiger partial charge in [-0.3, -0.25) is 4.79 Å². The largest absolute Gasteiger partial charge is 0.452 e. The van der Waals surface area contributed by atoms with Crippen molar-refractivity contribution in [3.05, 3.63) is 59.0 Å². The monoisotopic (exact) mass is 263 g/mol. The minimum Gasteiger partial charge on any atom is -0.452 e. The van der Waals surface area contributed by atoms with Crippen molar-refractivity contribution in [2.75, 3.05) is 0 Å². The van der Waals surface area contributed by atoms with E-state index in [1.165, 1.54) is 6.26 Å². The molecule has 1 N–H and O–H groups in total. The molecule has 1 atom stereocenters. The number of halogens is 1. The zero-order valence-electron chi connectivity index (χ0n) is 10.0. The molecule has 2 rings (SSSR count). The van der Waals surface area contributed by atoms with Crippen LogP contribution in [-0.4, -0.2) is 5.91 Å². The van der Waals surface area contributed by atoms with Crippen molar-refractivity contribution in [1.82, 2.24) is 5.32 Å². The minimum absolute atomic E-state index is 0.0235. The molecule has 4 heteroatoms. The molecular weight excluding hydrogens is 250 g/mol. The van der Waals surface area contributed by atoms with Gasteiger partial charge in [-0.15, -0.1) is 0 Å². The van der Waals surface area contributed by atoms with E-state index in [-0.39, 0.29) is 17.2 Å². The fourth-order valence-corrected chi connectivity index (χ4v) is 2.00. The Balaban J connectivity index is 2.13. The lowest BCUT2D eigenvalue weighted by Gasteiger charge is -2.16. The van der Waals surface area contributed by atoms with Gasteiger partial charge in [-0.25, -0.2) is 0 Å². The summed E-state index contributed by atoms with van der Waals surface area (Å²) in [6.07, 6.45) is 2.21. The van der Waals surface area contributed by atoms with Crippen LogP contribution in [0.4, 0.5) is 0 Å².